The van der Waals surface area contributed by atoms with Gasteiger partial charge in [0.1, 0.15) is 5.76 Å². The molecule has 0 saturated carbocycles. The average molecular weight is 283 g/mol. The van der Waals surface area contributed by atoms with Crippen molar-refractivity contribution < 1.29 is 5.11 Å². The molecule has 2 fully saturated rings. The molecule has 2 saturated heterocycles. The zero-order valence-corrected chi connectivity index (χ0v) is 13.0. The van der Waals surface area contributed by atoms with Crippen molar-refractivity contribution in [2.45, 2.75) is 32.7 Å². The van der Waals surface area contributed by atoms with Crippen LogP contribution in [0.2, 0.25) is 0 Å². The van der Waals surface area contributed by atoms with Gasteiger partial charge in [0.2, 0.25) is 0 Å². The van der Waals surface area contributed by atoms with Gasteiger partial charge in [0.25, 0.3) is 0 Å². The summed E-state index contributed by atoms with van der Waals surface area (Å²) >= 11 is 0. The maximum atomic E-state index is 10.1. The minimum atomic E-state index is -0.0835. The van der Waals surface area contributed by atoms with E-state index in [4.69, 9.17) is 0 Å². The van der Waals surface area contributed by atoms with Crippen molar-refractivity contribution in [2.24, 2.45) is 22.7 Å². The molecule has 4 aliphatic rings. The molecule has 0 radical (unpaired) electrons. The van der Waals surface area contributed by atoms with Crippen molar-refractivity contribution in [3.63, 3.8) is 0 Å². The molecular formula is C19H25NO. The molecule has 0 spiro atoms. The molecule has 0 aromatic carbocycles. The highest BCUT2D eigenvalue weighted by Crippen LogP contribution is 2.56. The maximum absolute atomic E-state index is 10.1. The van der Waals surface area contributed by atoms with E-state index in [9.17, 15) is 5.11 Å². The molecule has 2 nitrogen and oxygen atoms in total. The van der Waals surface area contributed by atoms with Crippen LogP contribution in [0.1, 0.15) is 26.7 Å². The standard InChI is InChI=1S/C19H25NO/c1-18(9-4-3-6-15(21)11-18)19(2)10-14-12-20(13-19)17-8-5-7-16(14)17/h3-7,9,11,14,16-17,21H,8,10,12-13H2,1-2H3. The number of aliphatic hydroxyl groups excluding tert-OH is 1. The van der Waals surface area contributed by atoms with E-state index in [2.05, 4.69) is 49.1 Å². The van der Waals surface area contributed by atoms with E-state index < -0.39 is 0 Å². The van der Waals surface area contributed by atoms with Gasteiger partial charge >= 0.3 is 0 Å². The third-order valence-electron chi connectivity index (χ3n) is 6.50. The lowest BCUT2D eigenvalue weighted by Gasteiger charge is -2.49. The van der Waals surface area contributed by atoms with Crippen LogP contribution in [0.4, 0.5) is 0 Å². The van der Waals surface area contributed by atoms with Crippen LogP contribution in [0.3, 0.4) is 0 Å². The highest BCUT2D eigenvalue weighted by molar-refractivity contribution is 5.31. The van der Waals surface area contributed by atoms with E-state index in [0.29, 0.717) is 5.76 Å². The molecule has 2 heteroatoms. The Bertz CT molecular complexity index is 572. The summed E-state index contributed by atoms with van der Waals surface area (Å²) in [6, 6.07) is 0.742. The maximum Gasteiger partial charge on any atom is 0.112 e. The van der Waals surface area contributed by atoms with Gasteiger partial charge in [0.15, 0.2) is 0 Å². The predicted octanol–water partition coefficient (Wildman–Crippen LogP) is 3.85. The number of nitrogens with zero attached hydrogens (tertiary/aromatic N) is 1. The van der Waals surface area contributed by atoms with Crippen molar-refractivity contribution in [3.05, 3.63) is 48.3 Å². The van der Waals surface area contributed by atoms with Crippen molar-refractivity contribution in [3.8, 4) is 0 Å². The number of hydrogen-bond donors (Lipinski definition) is 1. The van der Waals surface area contributed by atoms with Gasteiger partial charge in [-0.3, -0.25) is 4.90 Å². The van der Waals surface area contributed by atoms with E-state index in [1.807, 2.05) is 6.08 Å². The smallest absolute Gasteiger partial charge is 0.112 e. The Morgan fingerprint density at radius 1 is 1.29 bits per heavy atom. The fraction of sp³-hybridized carbons (Fsp3) is 0.579. The van der Waals surface area contributed by atoms with Crippen molar-refractivity contribution in [2.75, 3.05) is 13.1 Å². The normalized spacial score (nSPS) is 50.9. The number of rotatable bonds is 1. The monoisotopic (exact) mass is 283 g/mol. The minimum absolute atomic E-state index is 0.0835. The van der Waals surface area contributed by atoms with Crippen LogP contribution in [0.15, 0.2) is 48.3 Å². The third-order valence-corrected chi connectivity index (χ3v) is 6.50. The Morgan fingerprint density at radius 2 is 2.14 bits per heavy atom. The Morgan fingerprint density at radius 3 is 3.00 bits per heavy atom. The number of piperidine rings is 1. The van der Waals surface area contributed by atoms with Crippen LogP contribution in [0, 0.1) is 22.7 Å². The Labute approximate surface area is 127 Å². The number of fused-ring (bicyclic) bond motifs is 5. The van der Waals surface area contributed by atoms with E-state index in [-0.39, 0.29) is 10.8 Å². The number of allylic oxidation sites excluding steroid dienone is 5. The topological polar surface area (TPSA) is 23.5 Å². The summed E-state index contributed by atoms with van der Waals surface area (Å²) < 4.78 is 0. The summed E-state index contributed by atoms with van der Waals surface area (Å²) in [6.07, 6.45) is 17.5. The molecule has 6 unspecified atom stereocenters. The lowest BCUT2D eigenvalue weighted by Crippen LogP contribution is -2.49. The summed E-state index contributed by atoms with van der Waals surface area (Å²) in [7, 11) is 0. The quantitative estimate of drug-likeness (QED) is 0.739. The van der Waals surface area contributed by atoms with Crippen LogP contribution in [-0.2, 0) is 0 Å². The molecule has 0 aromatic rings. The zero-order valence-electron chi connectivity index (χ0n) is 13.0. The van der Waals surface area contributed by atoms with E-state index >= 15 is 0 Å². The SMILES string of the molecule is CC1(C2(C)CC3CN(C2)C2CC=CC32)C=CC=CC(O)=C1. The Hall–Kier alpha value is -1.28. The van der Waals surface area contributed by atoms with Crippen LogP contribution >= 0.6 is 0 Å². The zero-order chi connectivity index (χ0) is 14.7. The second kappa shape index (κ2) is 4.36. The van der Waals surface area contributed by atoms with Gasteiger partial charge in [-0.25, -0.2) is 0 Å². The Kier molecular flexibility index (Phi) is 2.78. The van der Waals surface area contributed by atoms with Gasteiger partial charge in [-0.05, 0) is 42.2 Å². The molecule has 2 aliphatic heterocycles. The van der Waals surface area contributed by atoms with Gasteiger partial charge in [0, 0.05) is 24.5 Å². The lowest BCUT2D eigenvalue weighted by molar-refractivity contribution is 0.0355. The minimum Gasteiger partial charge on any atom is -0.508 e. The molecule has 21 heavy (non-hydrogen) atoms. The fourth-order valence-corrected chi connectivity index (χ4v) is 5.14. The molecule has 0 amide bonds. The highest BCUT2D eigenvalue weighted by atomic mass is 16.3. The highest BCUT2D eigenvalue weighted by Gasteiger charge is 2.54. The largest absolute Gasteiger partial charge is 0.508 e. The first kappa shape index (κ1) is 13.4. The van der Waals surface area contributed by atoms with Crippen LogP contribution in [0.25, 0.3) is 0 Å². The third kappa shape index (κ3) is 1.88. The fourth-order valence-electron chi connectivity index (χ4n) is 5.14. The van der Waals surface area contributed by atoms with E-state index in [0.717, 1.165) is 24.4 Å². The molecule has 1 N–H and O–H groups in total. The van der Waals surface area contributed by atoms with Crippen molar-refractivity contribution >= 4 is 0 Å². The van der Waals surface area contributed by atoms with E-state index in [1.54, 1.807) is 6.08 Å². The predicted molar refractivity (Wildman–Crippen MR) is 85.9 cm³/mol. The summed E-state index contributed by atoms with van der Waals surface area (Å²) in [5.41, 5.74) is 0.102. The Balaban J connectivity index is 1.69. The lowest BCUT2D eigenvalue weighted by atomic mass is 9.59. The first-order chi connectivity index (χ1) is 10.0. The summed E-state index contributed by atoms with van der Waals surface area (Å²) in [4.78, 5) is 2.71. The molecule has 2 aliphatic carbocycles. The van der Waals surface area contributed by atoms with Gasteiger partial charge in [-0.15, -0.1) is 0 Å². The molecule has 2 heterocycles. The average Bonchev–Trinajstić information content (AvgIpc) is 2.94. The van der Waals surface area contributed by atoms with Gasteiger partial charge < -0.3 is 5.11 Å². The molecule has 4 rings (SSSR count). The molecule has 6 atom stereocenters. The van der Waals surface area contributed by atoms with E-state index in [1.165, 1.54) is 19.4 Å². The van der Waals surface area contributed by atoms with Gasteiger partial charge in [-0.1, -0.05) is 44.2 Å². The summed E-state index contributed by atoms with van der Waals surface area (Å²) in [5, 5.41) is 10.1. The number of aliphatic hydroxyl groups is 1. The molecule has 0 aromatic heterocycles. The first-order valence-electron chi connectivity index (χ1n) is 8.19. The van der Waals surface area contributed by atoms with Crippen molar-refractivity contribution in [1.29, 1.82) is 0 Å². The second-order valence-corrected chi connectivity index (χ2v) is 7.83. The molecule has 2 bridgehead atoms. The van der Waals surface area contributed by atoms with Crippen molar-refractivity contribution in [1.82, 2.24) is 4.90 Å². The summed E-state index contributed by atoms with van der Waals surface area (Å²) in [5.74, 6) is 1.95. The first-order valence-corrected chi connectivity index (χ1v) is 8.19. The number of hydrogen-bond acceptors (Lipinski definition) is 2. The second-order valence-electron chi connectivity index (χ2n) is 7.83. The van der Waals surface area contributed by atoms with Gasteiger partial charge in [-0.2, -0.15) is 0 Å². The van der Waals surface area contributed by atoms with Gasteiger partial charge in [0.05, 0.1) is 0 Å². The van der Waals surface area contributed by atoms with Crippen LogP contribution in [-0.4, -0.2) is 29.1 Å². The summed E-state index contributed by atoms with van der Waals surface area (Å²) in [6.45, 7) is 7.10. The van der Waals surface area contributed by atoms with Crippen LogP contribution < -0.4 is 0 Å². The van der Waals surface area contributed by atoms with Crippen LogP contribution in [0.5, 0.6) is 0 Å². The molecule has 112 valence electrons. The molecular weight excluding hydrogens is 258 g/mol.